The summed E-state index contributed by atoms with van der Waals surface area (Å²) in [6.45, 7) is 9.19. The van der Waals surface area contributed by atoms with E-state index in [-0.39, 0.29) is 5.97 Å². The molecule has 0 spiro atoms. The molecular weight excluding hydrogens is 388 g/mol. The van der Waals surface area contributed by atoms with E-state index in [0.717, 1.165) is 50.9 Å². The van der Waals surface area contributed by atoms with E-state index < -0.39 is 0 Å². The number of carbonyl (C=O) groups is 1. The maximum absolute atomic E-state index is 11.4. The Morgan fingerprint density at radius 3 is 1.87 bits per heavy atom. The highest BCUT2D eigenvalue weighted by Crippen LogP contribution is 2.15. The first kappa shape index (κ1) is 27.0. The van der Waals surface area contributed by atoms with Crippen molar-refractivity contribution in [1.82, 2.24) is 0 Å². The molecule has 0 aliphatic rings. The van der Waals surface area contributed by atoms with E-state index in [2.05, 4.69) is 13.2 Å². The molecule has 4 nitrogen and oxygen atoms in total. The van der Waals surface area contributed by atoms with Gasteiger partial charge in [0.05, 0.1) is 25.4 Å². The molecule has 31 heavy (non-hydrogen) atoms. The third-order valence-electron chi connectivity index (χ3n) is 5.32. The lowest BCUT2D eigenvalue weighted by Gasteiger charge is -2.16. The zero-order valence-electron chi connectivity index (χ0n) is 19.5. The van der Waals surface area contributed by atoms with Crippen LogP contribution in [0.4, 0.5) is 0 Å². The second-order valence-corrected chi connectivity index (χ2v) is 7.92. The molecule has 1 aromatic carbocycles. The van der Waals surface area contributed by atoms with E-state index in [0.29, 0.717) is 18.3 Å². The molecule has 0 saturated heterocycles. The summed E-state index contributed by atoms with van der Waals surface area (Å²) in [5.41, 5.74) is 0.543. The van der Waals surface area contributed by atoms with Gasteiger partial charge in [-0.25, -0.2) is 4.79 Å². The molecule has 0 bridgehead atoms. The fourth-order valence-electron chi connectivity index (χ4n) is 3.43. The zero-order chi connectivity index (χ0) is 22.6. The quantitative estimate of drug-likeness (QED) is 0.124. The van der Waals surface area contributed by atoms with Crippen LogP contribution in [0.3, 0.4) is 0 Å². The number of unbranched alkanes of at least 4 members (excludes halogenated alkanes) is 7. The number of benzene rings is 1. The van der Waals surface area contributed by atoms with Crippen LogP contribution in [0.5, 0.6) is 5.75 Å². The van der Waals surface area contributed by atoms with Gasteiger partial charge in [-0.15, -0.1) is 13.2 Å². The molecule has 0 heterocycles. The van der Waals surface area contributed by atoms with Gasteiger partial charge in [0.25, 0.3) is 0 Å². The maximum Gasteiger partial charge on any atom is 0.337 e. The van der Waals surface area contributed by atoms with Crippen LogP contribution in [0.25, 0.3) is 0 Å². The predicted octanol–water partition coefficient (Wildman–Crippen LogP) is 7.29. The Morgan fingerprint density at radius 1 is 0.839 bits per heavy atom. The third kappa shape index (κ3) is 13.8. The van der Waals surface area contributed by atoms with Gasteiger partial charge in [-0.2, -0.15) is 0 Å². The molecule has 0 atom stereocenters. The van der Waals surface area contributed by atoms with Gasteiger partial charge >= 0.3 is 5.97 Å². The number of carbonyl (C=O) groups excluding carboxylic acids is 1. The van der Waals surface area contributed by atoms with Crippen LogP contribution < -0.4 is 4.74 Å². The van der Waals surface area contributed by atoms with E-state index in [4.69, 9.17) is 14.2 Å². The van der Waals surface area contributed by atoms with Crippen molar-refractivity contribution in [2.75, 3.05) is 20.3 Å². The second kappa shape index (κ2) is 18.7. The lowest BCUT2D eigenvalue weighted by atomic mass is 10.1. The van der Waals surface area contributed by atoms with Crippen LogP contribution in [0.1, 0.15) is 87.4 Å². The highest BCUT2D eigenvalue weighted by molar-refractivity contribution is 5.89. The minimum Gasteiger partial charge on any atom is -0.494 e. The number of ether oxygens (including phenoxy) is 3. The van der Waals surface area contributed by atoms with Gasteiger partial charge in [0, 0.05) is 6.61 Å². The Morgan fingerprint density at radius 2 is 1.35 bits per heavy atom. The topological polar surface area (TPSA) is 44.8 Å². The van der Waals surface area contributed by atoms with Gasteiger partial charge in [-0.05, 0) is 62.8 Å². The lowest BCUT2D eigenvalue weighted by Crippen LogP contribution is -2.13. The Bertz CT molecular complexity index is 582. The molecule has 0 saturated carbocycles. The van der Waals surface area contributed by atoms with Crippen LogP contribution in [0.15, 0.2) is 49.6 Å². The highest BCUT2D eigenvalue weighted by atomic mass is 16.5. The van der Waals surface area contributed by atoms with Crippen LogP contribution in [-0.4, -0.2) is 32.4 Å². The Balaban J connectivity index is 1.94. The zero-order valence-corrected chi connectivity index (χ0v) is 19.5. The van der Waals surface area contributed by atoms with Gasteiger partial charge in [0.1, 0.15) is 5.75 Å². The maximum atomic E-state index is 11.4. The average molecular weight is 431 g/mol. The molecule has 0 aromatic heterocycles. The fourth-order valence-corrected chi connectivity index (χ4v) is 3.43. The molecule has 174 valence electrons. The molecular formula is C27H42O4. The normalized spacial score (nSPS) is 10.8. The van der Waals surface area contributed by atoms with Gasteiger partial charge in [0.2, 0.25) is 0 Å². The monoisotopic (exact) mass is 430 g/mol. The predicted molar refractivity (Wildman–Crippen MR) is 129 cm³/mol. The molecule has 0 amide bonds. The average Bonchev–Trinajstić information content (AvgIpc) is 2.80. The largest absolute Gasteiger partial charge is 0.494 e. The Kier molecular flexibility index (Phi) is 16.2. The molecule has 1 rings (SSSR count). The number of hydrogen-bond acceptors (Lipinski definition) is 4. The first-order valence-electron chi connectivity index (χ1n) is 11.9. The highest BCUT2D eigenvalue weighted by Gasteiger charge is 2.07. The first-order chi connectivity index (χ1) is 15.2. The molecule has 0 aliphatic heterocycles. The minimum absolute atomic E-state index is 0.324. The van der Waals surface area contributed by atoms with Gasteiger partial charge < -0.3 is 14.2 Å². The molecule has 0 N–H and O–H groups in total. The minimum atomic E-state index is -0.324. The standard InChI is InChI=1S/C27H42O4/c1-4-6-16-25(17-7-5-2)30-22-14-12-10-8-9-11-13-15-23-31-26-20-18-24(19-21-26)27(28)29-3/h4-5,18-21,25H,1-2,6-17,22-23H2,3H3. The molecule has 1 aromatic rings. The van der Waals surface area contributed by atoms with Crippen molar-refractivity contribution < 1.29 is 19.0 Å². The van der Waals surface area contributed by atoms with Gasteiger partial charge in [-0.3, -0.25) is 0 Å². The summed E-state index contributed by atoms with van der Waals surface area (Å²) >= 11 is 0. The number of allylic oxidation sites excluding steroid dienone is 2. The van der Waals surface area contributed by atoms with Gasteiger partial charge in [-0.1, -0.05) is 50.7 Å². The third-order valence-corrected chi connectivity index (χ3v) is 5.32. The number of hydrogen-bond donors (Lipinski definition) is 0. The molecule has 4 heteroatoms. The number of methoxy groups -OCH3 is 1. The Labute approximate surface area is 189 Å². The van der Waals surface area contributed by atoms with Crippen LogP contribution >= 0.6 is 0 Å². The summed E-state index contributed by atoms with van der Waals surface area (Å²) in [7, 11) is 1.38. The molecule has 0 radical (unpaired) electrons. The summed E-state index contributed by atoms with van der Waals surface area (Å²) in [5.74, 6) is 0.474. The fraction of sp³-hybridized carbons (Fsp3) is 0.593. The smallest absolute Gasteiger partial charge is 0.337 e. The number of rotatable bonds is 20. The van der Waals surface area contributed by atoms with Crippen molar-refractivity contribution in [3.8, 4) is 5.75 Å². The summed E-state index contributed by atoms with van der Waals surface area (Å²) in [4.78, 5) is 11.4. The second-order valence-electron chi connectivity index (χ2n) is 7.92. The van der Waals surface area contributed by atoms with Crippen molar-refractivity contribution >= 4 is 5.97 Å². The first-order valence-corrected chi connectivity index (χ1v) is 11.9. The van der Waals surface area contributed by atoms with Crippen LogP contribution in [0.2, 0.25) is 0 Å². The van der Waals surface area contributed by atoms with E-state index in [9.17, 15) is 4.79 Å². The summed E-state index contributed by atoms with van der Waals surface area (Å²) in [5, 5.41) is 0. The summed E-state index contributed by atoms with van der Waals surface area (Å²) in [6, 6.07) is 7.10. The summed E-state index contributed by atoms with van der Waals surface area (Å²) < 4.78 is 16.5. The number of esters is 1. The van der Waals surface area contributed by atoms with Crippen molar-refractivity contribution in [3.63, 3.8) is 0 Å². The SMILES string of the molecule is C=CCCC(CCC=C)OCCCCCCCCCCOc1ccc(C(=O)OC)cc1. The lowest BCUT2D eigenvalue weighted by molar-refractivity contribution is 0.0405. The molecule has 0 unspecified atom stereocenters. The summed E-state index contributed by atoms with van der Waals surface area (Å²) in [6.07, 6.45) is 18.3. The Hall–Kier alpha value is -2.07. The van der Waals surface area contributed by atoms with Gasteiger partial charge in [0.15, 0.2) is 0 Å². The van der Waals surface area contributed by atoms with Crippen molar-refractivity contribution in [2.45, 2.75) is 83.2 Å². The van der Waals surface area contributed by atoms with Crippen LogP contribution in [0, 0.1) is 0 Å². The molecule has 0 fully saturated rings. The van der Waals surface area contributed by atoms with Crippen molar-refractivity contribution in [2.24, 2.45) is 0 Å². The van der Waals surface area contributed by atoms with Crippen molar-refractivity contribution in [3.05, 3.63) is 55.1 Å². The van der Waals surface area contributed by atoms with E-state index in [1.807, 2.05) is 24.3 Å². The molecule has 0 aliphatic carbocycles. The van der Waals surface area contributed by atoms with E-state index >= 15 is 0 Å². The van der Waals surface area contributed by atoms with E-state index in [1.165, 1.54) is 45.6 Å². The van der Waals surface area contributed by atoms with E-state index in [1.54, 1.807) is 12.1 Å². The van der Waals surface area contributed by atoms with Crippen LogP contribution in [-0.2, 0) is 9.47 Å². The van der Waals surface area contributed by atoms with Crippen molar-refractivity contribution in [1.29, 1.82) is 0 Å².